The van der Waals surface area contributed by atoms with Crippen molar-refractivity contribution in [2.75, 3.05) is 0 Å². The Morgan fingerprint density at radius 3 is 2.36 bits per heavy atom. The van der Waals surface area contributed by atoms with Crippen LogP contribution in [-0.4, -0.2) is 0 Å². The highest BCUT2D eigenvalue weighted by Gasteiger charge is 2.59. The third-order valence-electron chi connectivity index (χ3n) is 9.29. The molecule has 0 saturated heterocycles. The second-order valence-corrected chi connectivity index (χ2v) is 10.0. The molecule has 0 spiro atoms. The smallest absolute Gasteiger partial charge is 0.0179 e. The first-order valence-electron chi connectivity index (χ1n) is 10.1. The lowest BCUT2D eigenvalue weighted by Crippen LogP contribution is -2.53. The van der Waals surface area contributed by atoms with E-state index in [1.807, 2.05) is 0 Å². The highest BCUT2D eigenvalue weighted by atomic mass is 14.6. The average molecular weight is 301 g/mol. The van der Waals surface area contributed by atoms with Crippen molar-refractivity contribution in [2.24, 2.45) is 46.3 Å². The van der Waals surface area contributed by atoms with Crippen molar-refractivity contribution in [1.29, 1.82) is 0 Å². The minimum atomic E-state index is 0.591. The van der Waals surface area contributed by atoms with E-state index in [2.05, 4.69) is 33.4 Å². The summed E-state index contributed by atoms with van der Waals surface area (Å²) in [7, 11) is 0. The molecule has 22 heavy (non-hydrogen) atoms. The predicted octanol–water partition coefficient (Wildman–Crippen LogP) is 6.47. The molecule has 0 amide bonds. The molecule has 4 aliphatic rings. The van der Waals surface area contributed by atoms with Gasteiger partial charge < -0.3 is 0 Å². The minimum absolute atomic E-state index is 0.591. The molecule has 4 rings (SSSR count). The molecule has 4 aliphatic carbocycles. The number of rotatable bonds is 1. The predicted molar refractivity (Wildman–Crippen MR) is 94.6 cm³/mol. The fourth-order valence-electron chi connectivity index (χ4n) is 7.90. The first-order valence-corrected chi connectivity index (χ1v) is 10.1. The van der Waals surface area contributed by atoms with Gasteiger partial charge in [0.15, 0.2) is 0 Å². The topological polar surface area (TPSA) is 0 Å². The Kier molecular flexibility index (Phi) is 3.55. The number of allylic oxidation sites excluding steroid dienone is 1. The van der Waals surface area contributed by atoms with Gasteiger partial charge in [-0.3, -0.25) is 0 Å². The molecular formula is C22H36. The van der Waals surface area contributed by atoms with Crippen LogP contribution in [0.3, 0.4) is 0 Å². The Morgan fingerprint density at radius 2 is 1.59 bits per heavy atom. The molecule has 0 aliphatic heterocycles. The van der Waals surface area contributed by atoms with Crippen LogP contribution >= 0.6 is 0 Å². The molecule has 8 atom stereocenters. The van der Waals surface area contributed by atoms with Gasteiger partial charge >= 0.3 is 0 Å². The molecule has 0 heterocycles. The van der Waals surface area contributed by atoms with Gasteiger partial charge in [0.1, 0.15) is 0 Å². The Labute approximate surface area is 138 Å². The van der Waals surface area contributed by atoms with Crippen molar-refractivity contribution in [1.82, 2.24) is 0 Å². The summed E-state index contributed by atoms with van der Waals surface area (Å²) >= 11 is 0. The highest BCUT2D eigenvalue weighted by molar-refractivity contribution is 5.11. The highest BCUT2D eigenvalue weighted by Crippen LogP contribution is 2.67. The zero-order valence-corrected chi connectivity index (χ0v) is 15.1. The number of fused-ring (bicyclic) bond motifs is 5. The molecule has 0 aromatic carbocycles. The molecule has 0 aromatic rings. The first-order chi connectivity index (χ1) is 10.5. The maximum atomic E-state index is 4.17. The van der Waals surface area contributed by atoms with Crippen LogP contribution in [0.4, 0.5) is 0 Å². The molecule has 124 valence electrons. The summed E-state index contributed by atoms with van der Waals surface area (Å²) in [6.45, 7) is 12.0. The largest absolute Gasteiger partial charge is 0.103 e. The second-order valence-electron chi connectivity index (χ2n) is 10.0. The Balaban J connectivity index is 1.62. The first kappa shape index (κ1) is 15.3. The fraction of sp³-hybridized carbons (Fsp3) is 0.909. The van der Waals surface area contributed by atoms with E-state index in [1.165, 1.54) is 51.4 Å². The summed E-state index contributed by atoms with van der Waals surface area (Å²) < 4.78 is 0. The molecule has 0 heteroatoms. The molecule has 6 unspecified atom stereocenters. The molecular weight excluding hydrogens is 264 g/mol. The third kappa shape index (κ3) is 1.94. The van der Waals surface area contributed by atoms with E-state index in [-0.39, 0.29) is 0 Å². The fourth-order valence-corrected chi connectivity index (χ4v) is 7.90. The lowest BCUT2D eigenvalue weighted by molar-refractivity contribution is -0.114. The summed E-state index contributed by atoms with van der Waals surface area (Å²) in [5.74, 6) is 5.92. The third-order valence-corrected chi connectivity index (χ3v) is 9.29. The van der Waals surface area contributed by atoms with Gasteiger partial charge in [0.05, 0.1) is 0 Å². The van der Waals surface area contributed by atoms with E-state index < -0.39 is 0 Å². The van der Waals surface area contributed by atoms with Crippen LogP contribution in [-0.2, 0) is 0 Å². The summed E-state index contributed by atoms with van der Waals surface area (Å²) in [6.07, 6.45) is 15.8. The molecule has 0 N–H and O–H groups in total. The quantitative estimate of drug-likeness (QED) is 0.487. The van der Waals surface area contributed by atoms with Crippen LogP contribution in [0.2, 0.25) is 0 Å². The van der Waals surface area contributed by atoms with Gasteiger partial charge in [-0.25, -0.2) is 0 Å². The van der Waals surface area contributed by atoms with Crippen molar-refractivity contribution in [3.05, 3.63) is 12.7 Å². The van der Waals surface area contributed by atoms with E-state index in [0.29, 0.717) is 10.8 Å². The minimum Gasteiger partial charge on any atom is -0.103 e. The lowest BCUT2D eigenvalue weighted by Gasteiger charge is -2.61. The lowest BCUT2D eigenvalue weighted by atomic mass is 9.44. The van der Waals surface area contributed by atoms with Crippen LogP contribution in [0, 0.1) is 46.3 Å². The summed E-state index contributed by atoms with van der Waals surface area (Å²) in [4.78, 5) is 0. The summed E-state index contributed by atoms with van der Waals surface area (Å²) in [5, 5.41) is 0. The van der Waals surface area contributed by atoms with Gasteiger partial charge in [0.25, 0.3) is 0 Å². The zero-order valence-electron chi connectivity index (χ0n) is 15.1. The van der Waals surface area contributed by atoms with Crippen LogP contribution in [0.1, 0.15) is 78.6 Å². The van der Waals surface area contributed by atoms with E-state index in [9.17, 15) is 0 Å². The van der Waals surface area contributed by atoms with E-state index in [4.69, 9.17) is 0 Å². The molecule has 4 fully saturated rings. The van der Waals surface area contributed by atoms with Gasteiger partial charge in [0.2, 0.25) is 0 Å². The Morgan fingerprint density at radius 1 is 0.864 bits per heavy atom. The normalized spacial score (nSPS) is 57.6. The average Bonchev–Trinajstić information content (AvgIpc) is 2.84. The monoisotopic (exact) mass is 300 g/mol. The van der Waals surface area contributed by atoms with Crippen molar-refractivity contribution >= 4 is 0 Å². The van der Waals surface area contributed by atoms with Gasteiger partial charge in [-0.1, -0.05) is 33.3 Å². The van der Waals surface area contributed by atoms with Crippen LogP contribution in [0.25, 0.3) is 0 Å². The van der Waals surface area contributed by atoms with E-state index in [0.717, 1.165) is 35.5 Å². The molecule has 0 radical (unpaired) electrons. The van der Waals surface area contributed by atoms with Gasteiger partial charge in [-0.05, 0) is 97.7 Å². The molecule has 0 bridgehead atoms. The van der Waals surface area contributed by atoms with Gasteiger partial charge in [-0.15, -0.1) is 6.58 Å². The Bertz CT molecular complexity index is 451. The van der Waals surface area contributed by atoms with Crippen LogP contribution in [0.5, 0.6) is 0 Å². The van der Waals surface area contributed by atoms with Crippen molar-refractivity contribution in [3.63, 3.8) is 0 Å². The van der Waals surface area contributed by atoms with E-state index >= 15 is 0 Å². The molecule has 0 nitrogen and oxygen atoms in total. The van der Waals surface area contributed by atoms with Gasteiger partial charge in [0, 0.05) is 0 Å². The SMILES string of the molecule is C=CC1CCC2C3CC[C@@H]4CC(C)CC[C@]4(C)C3CCC12C. The van der Waals surface area contributed by atoms with Crippen molar-refractivity contribution in [2.45, 2.75) is 78.6 Å². The second kappa shape index (κ2) is 5.12. The van der Waals surface area contributed by atoms with Crippen LogP contribution < -0.4 is 0 Å². The summed E-state index contributed by atoms with van der Waals surface area (Å²) in [6, 6.07) is 0. The van der Waals surface area contributed by atoms with Crippen molar-refractivity contribution < 1.29 is 0 Å². The van der Waals surface area contributed by atoms with Crippen LogP contribution in [0.15, 0.2) is 12.7 Å². The molecule has 0 aromatic heterocycles. The van der Waals surface area contributed by atoms with Crippen molar-refractivity contribution in [3.8, 4) is 0 Å². The molecule has 4 saturated carbocycles. The maximum absolute atomic E-state index is 4.17. The zero-order chi connectivity index (χ0) is 15.5. The number of hydrogen-bond acceptors (Lipinski definition) is 0. The van der Waals surface area contributed by atoms with Gasteiger partial charge in [-0.2, -0.15) is 0 Å². The standard InChI is InChI=1S/C22H36/c1-5-16-7-9-19-18-8-6-17-14-15(2)10-12-22(17,4)20(18)11-13-21(16,19)3/h5,15-20H,1,6-14H2,2-4H3/t15?,16?,17-,18?,19?,20?,21?,22+/m1/s1. The van der Waals surface area contributed by atoms with E-state index in [1.54, 1.807) is 6.42 Å². The number of hydrogen-bond donors (Lipinski definition) is 0. The Hall–Kier alpha value is -0.260. The summed E-state index contributed by atoms with van der Waals surface area (Å²) in [5.41, 5.74) is 1.27. The maximum Gasteiger partial charge on any atom is -0.0179 e.